The molecule has 0 fully saturated rings. The number of quaternary nitrogens is 1. The van der Waals surface area contributed by atoms with Crippen molar-refractivity contribution in [1.82, 2.24) is 5.32 Å². The maximum Gasteiger partial charge on any atom is 0.260 e. The molecule has 0 radical (unpaired) electrons. The van der Waals surface area contributed by atoms with Crippen molar-refractivity contribution in [3.8, 4) is 0 Å². The van der Waals surface area contributed by atoms with Gasteiger partial charge in [-0.3, -0.25) is 4.79 Å². The molecule has 1 atom stereocenters. The van der Waals surface area contributed by atoms with Crippen LogP contribution in [0.5, 0.6) is 0 Å². The largest absolute Gasteiger partial charge is 0.629 e. The summed E-state index contributed by atoms with van der Waals surface area (Å²) in [5.41, 5.74) is 1.90. The van der Waals surface area contributed by atoms with Crippen molar-refractivity contribution >= 4 is 11.6 Å². The molecule has 2 aromatic rings. The Balaban J connectivity index is 2.17. The van der Waals surface area contributed by atoms with E-state index < -0.39 is 11.7 Å². The zero-order chi connectivity index (χ0) is 15.4. The van der Waals surface area contributed by atoms with Crippen LogP contribution in [0.2, 0.25) is 0 Å². The Morgan fingerprint density at radius 2 is 2.00 bits per heavy atom. The molecule has 21 heavy (non-hydrogen) atoms. The van der Waals surface area contributed by atoms with Crippen LogP contribution in [-0.4, -0.2) is 13.0 Å². The van der Waals surface area contributed by atoms with Crippen LogP contribution in [0, 0.1) is 17.9 Å². The number of amides is 1. The summed E-state index contributed by atoms with van der Waals surface area (Å²) in [5.74, 6) is -1.27. The molecule has 0 heterocycles. The van der Waals surface area contributed by atoms with E-state index in [4.69, 9.17) is 0 Å². The van der Waals surface area contributed by atoms with Gasteiger partial charge in [-0.05, 0) is 18.6 Å². The van der Waals surface area contributed by atoms with Crippen LogP contribution in [0.3, 0.4) is 0 Å². The molecular weight excluding hydrogens is 271 g/mol. The monoisotopic (exact) mass is 288 g/mol. The maximum absolute atomic E-state index is 13.8. The highest BCUT2D eigenvalue weighted by Gasteiger charge is 2.19. The molecule has 0 saturated carbocycles. The Labute approximate surface area is 122 Å². The van der Waals surface area contributed by atoms with Gasteiger partial charge in [0.1, 0.15) is 17.1 Å². The summed E-state index contributed by atoms with van der Waals surface area (Å²) in [5, 5.41) is 13.8. The summed E-state index contributed by atoms with van der Waals surface area (Å²) >= 11 is 0. The van der Waals surface area contributed by atoms with E-state index in [9.17, 15) is 14.4 Å². The van der Waals surface area contributed by atoms with Gasteiger partial charge in [-0.25, -0.2) is 4.39 Å². The minimum absolute atomic E-state index is 0.0942. The summed E-state index contributed by atoms with van der Waals surface area (Å²) in [7, 11) is 1.31. The lowest BCUT2D eigenvalue weighted by atomic mass is 10.1. The number of rotatable bonds is 4. The fraction of sp³-hybridized carbons (Fsp3) is 0.188. The van der Waals surface area contributed by atoms with Crippen molar-refractivity contribution in [3.05, 3.63) is 70.2 Å². The zero-order valence-electron chi connectivity index (χ0n) is 11.9. The van der Waals surface area contributed by atoms with Gasteiger partial charge < -0.3 is 15.6 Å². The maximum atomic E-state index is 13.8. The molecule has 0 bridgehead atoms. The number of hydrogen-bond acceptors (Lipinski definition) is 2. The second-order valence-electron chi connectivity index (χ2n) is 4.89. The number of hydrogen-bond donors (Lipinski definition) is 2. The van der Waals surface area contributed by atoms with Gasteiger partial charge in [-0.15, -0.1) is 0 Å². The minimum atomic E-state index is -0.690. The lowest BCUT2D eigenvalue weighted by molar-refractivity contribution is -0.751. The Morgan fingerprint density at radius 1 is 1.29 bits per heavy atom. The number of halogens is 1. The second-order valence-corrected chi connectivity index (χ2v) is 4.89. The highest BCUT2D eigenvalue weighted by molar-refractivity contribution is 5.98. The van der Waals surface area contributed by atoms with Gasteiger partial charge in [-0.1, -0.05) is 35.9 Å². The van der Waals surface area contributed by atoms with Gasteiger partial charge in [0, 0.05) is 12.6 Å². The molecule has 1 amide bonds. The van der Waals surface area contributed by atoms with E-state index >= 15 is 0 Å². The van der Waals surface area contributed by atoms with Gasteiger partial charge in [0.15, 0.2) is 0 Å². The molecule has 1 unspecified atom stereocenters. The highest BCUT2D eigenvalue weighted by Crippen LogP contribution is 2.15. The van der Waals surface area contributed by atoms with Crippen LogP contribution in [0.4, 0.5) is 10.1 Å². The number of aryl methyl sites for hydroxylation is 1. The first-order chi connectivity index (χ1) is 9.99. The van der Waals surface area contributed by atoms with Crippen LogP contribution in [0.1, 0.15) is 21.5 Å². The predicted octanol–water partition coefficient (Wildman–Crippen LogP) is 1.71. The molecule has 0 aliphatic heterocycles. The summed E-state index contributed by atoms with van der Waals surface area (Å²) in [6.07, 6.45) is 0. The van der Waals surface area contributed by atoms with E-state index in [1.807, 2.05) is 31.2 Å². The van der Waals surface area contributed by atoms with Crippen LogP contribution in [0.25, 0.3) is 0 Å². The van der Waals surface area contributed by atoms with Crippen molar-refractivity contribution in [2.75, 3.05) is 7.05 Å². The highest BCUT2D eigenvalue weighted by atomic mass is 19.1. The van der Waals surface area contributed by atoms with Crippen LogP contribution in [0.15, 0.2) is 42.5 Å². The van der Waals surface area contributed by atoms with Gasteiger partial charge >= 0.3 is 0 Å². The average Bonchev–Trinajstić information content (AvgIpc) is 2.44. The van der Waals surface area contributed by atoms with Crippen LogP contribution >= 0.6 is 0 Å². The summed E-state index contributed by atoms with van der Waals surface area (Å²) in [6.45, 7) is 2.24. The molecule has 2 N–H and O–H groups in total. The predicted molar refractivity (Wildman–Crippen MR) is 78.7 cm³/mol. The third-order valence-electron chi connectivity index (χ3n) is 3.16. The molecule has 4 nitrogen and oxygen atoms in total. The standard InChI is InChI=1S/C16H17FN2O2/c1-11-5-3-6-12(9-11)10-18-16(20)15-13(17)7-4-8-14(15)19(2)21/h3-9,19H,10H2,1-2H3,(H,18,20). The average molecular weight is 288 g/mol. The fourth-order valence-corrected chi connectivity index (χ4v) is 2.14. The third kappa shape index (κ3) is 3.65. The lowest BCUT2D eigenvalue weighted by Gasteiger charge is -2.19. The quantitative estimate of drug-likeness (QED) is 0.842. The molecule has 0 aromatic heterocycles. The smallest absolute Gasteiger partial charge is 0.260 e. The zero-order valence-corrected chi connectivity index (χ0v) is 11.9. The number of nitrogens with one attached hydrogen (secondary N) is 2. The number of benzene rings is 2. The molecular formula is C16H17FN2O2. The van der Waals surface area contributed by atoms with Gasteiger partial charge in [0.25, 0.3) is 5.91 Å². The minimum Gasteiger partial charge on any atom is -0.629 e. The van der Waals surface area contributed by atoms with E-state index in [1.54, 1.807) is 0 Å². The first kappa shape index (κ1) is 15.2. The van der Waals surface area contributed by atoms with Crippen LogP contribution in [-0.2, 0) is 6.54 Å². The SMILES string of the molecule is Cc1cccc(CNC(=O)c2c(F)cccc2[NH+](C)[O-])c1. The van der Waals surface area contributed by atoms with Gasteiger partial charge in [0.05, 0.1) is 7.05 Å². The summed E-state index contributed by atoms with van der Waals surface area (Å²) in [6, 6.07) is 11.7. The second kappa shape index (κ2) is 6.47. The molecule has 0 aliphatic carbocycles. The van der Waals surface area contributed by atoms with Crippen molar-refractivity contribution in [3.63, 3.8) is 0 Å². The third-order valence-corrected chi connectivity index (χ3v) is 3.16. The first-order valence-corrected chi connectivity index (χ1v) is 6.62. The number of carbonyl (C=O) groups is 1. The number of carbonyl (C=O) groups excluding carboxylic acids is 1. The molecule has 0 aliphatic rings. The Hall–Kier alpha value is -2.24. The molecule has 2 rings (SSSR count). The van der Waals surface area contributed by atoms with Crippen LogP contribution < -0.4 is 10.4 Å². The lowest BCUT2D eigenvalue weighted by Crippen LogP contribution is -2.98. The van der Waals surface area contributed by atoms with Crippen molar-refractivity contribution < 1.29 is 14.2 Å². The summed E-state index contributed by atoms with van der Waals surface area (Å²) in [4.78, 5) is 12.1. The molecule has 110 valence electrons. The molecule has 2 aromatic carbocycles. The van der Waals surface area contributed by atoms with E-state index in [2.05, 4.69) is 5.32 Å². The number of hydroxylamine groups is 1. The van der Waals surface area contributed by atoms with Gasteiger partial charge in [-0.2, -0.15) is 0 Å². The normalized spacial score (nSPS) is 12.0. The van der Waals surface area contributed by atoms with Crippen molar-refractivity contribution in [1.29, 1.82) is 0 Å². The van der Waals surface area contributed by atoms with Crippen molar-refractivity contribution in [2.45, 2.75) is 13.5 Å². The van der Waals surface area contributed by atoms with Gasteiger partial charge in [0.2, 0.25) is 0 Å². The first-order valence-electron chi connectivity index (χ1n) is 6.62. The van der Waals surface area contributed by atoms with E-state index in [1.165, 1.54) is 25.2 Å². The van der Waals surface area contributed by atoms with E-state index in [-0.39, 0.29) is 22.9 Å². The molecule has 5 heteroatoms. The van der Waals surface area contributed by atoms with E-state index in [0.29, 0.717) is 0 Å². The Morgan fingerprint density at radius 3 is 2.67 bits per heavy atom. The van der Waals surface area contributed by atoms with Crippen molar-refractivity contribution in [2.24, 2.45) is 0 Å². The Bertz CT molecular complexity index is 656. The Kier molecular flexibility index (Phi) is 4.67. The fourth-order valence-electron chi connectivity index (χ4n) is 2.14. The molecule has 0 spiro atoms. The van der Waals surface area contributed by atoms with E-state index in [0.717, 1.165) is 11.1 Å². The molecule has 0 saturated heterocycles. The summed E-state index contributed by atoms with van der Waals surface area (Å²) < 4.78 is 13.8. The topological polar surface area (TPSA) is 56.6 Å².